The zero-order valence-corrected chi connectivity index (χ0v) is 9.47. The van der Waals surface area contributed by atoms with E-state index in [-0.39, 0.29) is 13.0 Å². The van der Waals surface area contributed by atoms with Crippen LogP contribution in [0.1, 0.15) is 19.3 Å². The summed E-state index contributed by atoms with van der Waals surface area (Å²) >= 11 is 0. The summed E-state index contributed by atoms with van der Waals surface area (Å²) in [5.74, 6) is -1.87. The second-order valence-electron chi connectivity index (χ2n) is 3.65. The molecule has 1 aliphatic rings. The molecule has 0 radical (unpaired) electrons. The van der Waals surface area contributed by atoms with Gasteiger partial charge in [-0.1, -0.05) is 0 Å². The summed E-state index contributed by atoms with van der Waals surface area (Å²) in [4.78, 5) is 32.9. The van der Waals surface area contributed by atoms with Crippen molar-refractivity contribution in [3.05, 3.63) is 0 Å². The SMILES string of the molecule is COC(=O)CCNC(=O)[C@@H]1CC[C@H](C(=O)O)O1. The molecule has 0 aromatic heterocycles. The Morgan fingerprint density at radius 3 is 2.53 bits per heavy atom. The molecule has 1 amide bonds. The maximum Gasteiger partial charge on any atom is 0.332 e. The van der Waals surface area contributed by atoms with Gasteiger partial charge < -0.3 is 19.9 Å². The fourth-order valence-electron chi connectivity index (χ4n) is 1.52. The van der Waals surface area contributed by atoms with Crippen molar-refractivity contribution < 1.29 is 29.0 Å². The Morgan fingerprint density at radius 2 is 2.00 bits per heavy atom. The van der Waals surface area contributed by atoms with Crippen molar-refractivity contribution in [2.24, 2.45) is 0 Å². The standard InChI is InChI=1S/C10H15NO6/c1-16-8(12)4-5-11-9(13)6-2-3-7(17-6)10(14)15/h6-7H,2-5H2,1H3,(H,11,13)(H,14,15)/t6-,7+/m0/s1. The Balaban J connectivity index is 2.25. The molecule has 0 unspecified atom stereocenters. The molecule has 1 heterocycles. The van der Waals surface area contributed by atoms with E-state index in [1.54, 1.807) is 0 Å². The summed E-state index contributed by atoms with van der Waals surface area (Å²) in [6, 6.07) is 0. The molecule has 1 rings (SSSR count). The van der Waals surface area contributed by atoms with Crippen LogP contribution in [0.15, 0.2) is 0 Å². The first-order valence-corrected chi connectivity index (χ1v) is 5.27. The molecule has 2 atom stereocenters. The van der Waals surface area contributed by atoms with Crippen LogP contribution in [-0.4, -0.2) is 48.8 Å². The van der Waals surface area contributed by atoms with E-state index in [2.05, 4.69) is 10.1 Å². The van der Waals surface area contributed by atoms with Gasteiger partial charge in [0.1, 0.15) is 6.10 Å². The number of ether oxygens (including phenoxy) is 2. The van der Waals surface area contributed by atoms with E-state index in [0.717, 1.165) is 0 Å². The third kappa shape index (κ3) is 4.03. The molecular weight excluding hydrogens is 230 g/mol. The minimum absolute atomic E-state index is 0.0807. The van der Waals surface area contributed by atoms with Crippen molar-refractivity contribution in [3.63, 3.8) is 0 Å². The third-order valence-corrected chi connectivity index (χ3v) is 2.44. The first-order valence-electron chi connectivity index (χ1n) is 5.27. The van der Waals surface area contributed by atoms with Gasteiger partial charge in [0.15, 0.2) is 6.10 Å². The number of carboxylic acid groups (broad SMARTS) is 1. The topological polar surface area (TPSA) is 102 Å². The Labute approximate surface area is 98.1 Å². The number of amides is 1. The Kier molecular flexibility index (Phi) is 4.89. The van der Waals surface area contributed by atoms with Crippen LogP contribution in [0.4, 0.5) is 0 Å². The number of carboxylic acids is 1. The fraction of sp³-hybridized carbons (Fsp3) is 0.700. The summed E-state index contributed by atoms with van der Waals surface area (Å²) in [6.07, 6.45) is -0.872. The minimum atomic E-state index is -1.06. The molecule has 2 N–H and O–H groups in total. The van der Waals surface area contributed by atoms with Crippen LogP contribution in [0.25, 0.3) is 0 Å². The number of carbonyl (C=O) groups is 3. The highest BCUT2D eigenvalue weighted by Crippen LogP contribution is 2.19. The summed E-state index contributed by atoms with van der Waals surface area (Å²) in [6.45, 7) is 0.156. The highest BCUT2D eigenvalue weighted by atomic mass is 16.5. The number of rotatable bonds is 5. The van der Waals surface area contributed by atoms with Crippen molar-refractivity contribution >= 4 is 17.8 Å². The number of hydrogen-bond donors (Lipinski definition) is 2. The largest absolute Gasteiger partial charge is 0.479 e. The number of hydrogen-bond acceptors (Lipinski definition) is 5. The molecule has 1 aliphatic heterocycles. The van der Waals surface area contributed by atoms with Gasteiger partial charge in [-0.3, -0.25) is 9.59 Å². The van der Waals surface area contributed by atoms with E-state index < -0.39 is 30.1 Å². The van der Waals surface area contributed by atoms with Gasteiger partial charge in [0.25, 0.3) is 0 Å². The fourth-order valence-corrected chi connectivity index (χ4v) is 1.52. The van der Waals surface area contributed by atoms with E-state index in [4.69, 9.17) is 9.84 Å². The Bertz CT molecular complexity index is 316. The van der Waals surface area contributed by atoms with E-state index in [1.165, 1.54) is 7.11 Å². The van der Waals surface area contributed by atoms with Gasteiger partial charge in [0.2, 0.25) is 5.91 Å². The number of esters is 1. The average molecular weight is 245 g/mol. The lowest BCUT2D eigenvalue weighted by Gasteiger charge is -2.11. The molecule has 0 aromatic carbocycles. The van der Waals surface area contributed by atoms with Crippen molar-refractivity contribution in [1.29, 1.82) is 0 Å². The Hall–Kier alpha value is -1.63. The highest BCUT2D eigenvalue weighted by molar-refractivity contribution is 5.83. The smallest absolute Gasteiger partial charge is 0.332 e. The Morgan fingerprint density at radius 1 is 1.35 bits per heavy atom. The molecule has 0 saturated carbocycles. The zero-order chi connectivity index (χ0) is 12.8. The van der Waals surface area contributed by atoms with E-state index >= 15 is 0 Å². The van der Waals surface area contributed by atoms with Crippen molar-refractivity contribution in [2.75, 3.05) is 13.7 Å². The molecule has 1 fully saturated rings. The molecule has 7 nitrogen and oxygen atoms in total. The molecule has 96 valence electrons. The maximum atomic E-state index is 11.5. The van der Waals surface area contributed by atoms with Crippen LogP contribution in [0.3, 0.4) is 0 Å². The van der Waals surface area contributed by atoms with Crippen LogP contribution >= 0.6 is 0 Å². The molecule has 0 aliphatic carbocycles. The molecule has 17 heavy (non-hydrogen) atoms. The lowest BCUT2D eigenvalue weighted by Crippen LogP contribution is -2.36. The van der Waals surface area contributed by atoms with E-state index in [0.29, 0.717) is 12.8 Å². The number of aliphatic carboxylic acids is 1. The molecule has 0 aromatic rings. The van der Waals surface area contributed by atoms with Crippen LogP contribution < -0.4 is 5.32 Å². The van der Waals surface area contributed by atoms with Gasteiger partial charge in [-0.2, -0.15) is 0 Å². The van der Waals surface area contributed by atoms with Crippen LogP contribution in [0.5, 0.6) is 0 Å². The van der Waals surface area contributed by atoms with Crippen LogP contribution in [0.2, 0.25) is 0 Å². The monoisotopic (exact) mass is 245 g/mol. The molecule has 0 spiro atoms. The van der Waals surface area contributed by atoms with Crippen molar-refractivity contribution in [3.8, 4) is 0 Å². The molecule has 1 saturated heterocycles. The van der Waals surface area contributed by atoms with E-state index in [1.807, 2.05) is 0 Å². The first kappa shape index (κ1) is 13.4. The number of nitrogens with one attached hydrogen (secondary N) is 1. The van der Waals surface area contributed by atoms with Crippen LogP contribution in [0, 0.1) is 0 Å². The van der Waals surface area contributed by atoms with Gasteiger partial charge in [0.05, 0.1) is 13.5 Å². The summed E-state index contributed by atoms with van der Waals surface area (Å²) < 4.78 is 9.45. The summed E-state index contributed by atoms with van der Waals surface area (Å²) in [5, 5.41) is 11.2. The van der Waals surface area contributed by atoms with Crippen molar-refractivity contribution in [2.45, 2.75) is 31.5 Å². The minimum Gasteiger partial charge on any atom is -0.479 e. The van der Waals surface area contributed by atoms with Crippen molar-refractivity contribution in [1.82, 2.24) is 5.32 Å². The lowest BCUT2D eigenvalue weighted by atomic mass is 10.2. The van der Waals surface area contributed by atoms with Gasteiger partial charge in [-0.25, -0.2) is 4.79 Å². The maximum absolute atomic E-state index is 11.5. The zero-order valence-electron chi connectivity index (χ0n) is 9.47. The van der Waals surface area contributed by atoms with Gasteiger partial charge >= 0.3 is 11.9 Å². The summed E-state index contributed by atoms with van der Waals surface area (Å²) in [5.41, 5.74) is 0. The predicted molar refractivity (Wildman–Crippen MR) is 55.2 cm³/mol. The second-order valence-corrected chi connectivity index (χ2v) is 3.65. The third-order valence-electron chi connectivity index (χ3n) is 2.44. The van der Waals surface area contributed by atoms with Gasteiger partial charge in [-0.05, 0) is 12.8 Å². The number of carbonyl (C=O) groups excluding carboxylic acids is 2. The quantitative estimate of drug-likeness (QED) is 0.621. The molecule has 0 bridgehead atoms. The van der Waals surface area contributed by atoms with Gasteiger partial charge in [0, 0.05) is 6.54 Å². The molecular formula is C10H15NO6. The van der Waals surface area contributed by atoms with Gasteiger partial charge in [-0.15, -0.1) is 0 Å². The van der Waals surface area contributed by atoms with Crippen LogP contribution in [-0.2, 0) is 23.9 Å². The lowest BCUT2D eigenvalue weighted by molar-refractivity contribution is -0.151. The summed E-state index contributed by atoms with van der Waals surface area (Å²) in [7, 11) is 1.27. The average Bonchev–Trinajstić information content (AvgIpc) is 2.78. The molecule has 7 heteroatoms. The second kappa shape index (κ2) is 6.19. The number of methoxy groups -OCH3 is 1. The normalized spacial score (nSPS) is 23.1. The first-order chi connectivity index (χ1) is 8.04. The van der Waals surface area contributed by atoms with E-state index in [9.17, 15) is 14.4 Å². The predicted octanol–water partition coefficient (Wildman–Crippen LogP) is -0.702. The highest BCUT2D eigenvalue weighted by Gasteiger charge is 2.34.